The second-order valence-corrected chi connectivity index (χ2v) is 19.6. The van der Waals surface area contributed by atoms with E-state index in [0.29, 0.717) is 56.9 Å². The highest BCUT2D eigenvalue weighted by atomic mass is 19.2. The Morgan fingerprint density at radius 1 is 0.855 bits per heavy atom. The van der Waals surface area contributed by atoms with E-state index < -0.39 is 56.0 Å². The quantitative estimate of drug-likeness (QED) is 0.169. The van der Waals surface area contributed by atoms with Crippen LogP contribution in [0.5, 0.6) is 0 Å². The van der Waals surface area contributed by atoms with Gasteiger partial charge in [0.15, 0.2) is 23.0 Å². The highest BCUT2D eigenvalue weighted by molar-refractivity contribution is 6.10. The highest BCUT2D eigenvalue weighted by Crippen LogP contribution is 2.78. The molecule has 2 aromatic rings. The zero-order valence-corrected chi connectivity index (χ0v) is 32.6. The first-order chi connectivity index (χ1) is 25.8. The van der Waals surface area contributed by atoms with Crippen molar-refractivity contribution in [3.63, 3.8) is 0 Å². The Labute approximate surface area is 322 Å². The summed E-state index contributed by atoms with van der Waals surface area (Å²) in [4.78, 5) is 45.0. The van der Waals surface area contributed by atoms with Crippen molar-refractivity contribution in [2.45, 2.75) is 116 Å². The van der Waals surface area contributed by atoms with Crippen LogP contribution in [-0.2, 0) is 20.9 Å². The Kier molecular flexibility index (Phi) is 7.69. The summed E-state index contributed by atoms with van der Waals surface area (Å²) >= 11 is 0. The van der Waals surface area contributed by atoms with E-state index in [9.17, 15) is 28.6 Å². The molecular formula is C46H53F2NO6. The van der Waals surface area contributed by atoms with Crippen LogP contribution in [0.1, 0.15) is 108 Å². The molecule has 1 heterocycles. The lowest BCUT2D eigenvalue weighted by molar-refractivity contribution is -0.187. The van der Waals surface area contributed by atoms with Crippen molar-refractivity contribution in [2.24, 2.45) is 44.3 Å². The third-order valence-electron chi connectivity index (χ3n) is 17.5. The standard InChI is InChI=1S/C46H53F2NO6/c1-39(2)42(5)19-22-46(39,55-38(42)53)37(52)49(26-28-9-7-6-8-10-28)27-44(54)18-15-35-41(44,4)17-14-34-40(3)16-13-30(50)24-43(40)20-21-45(34,35)31(25-43)36(51)29-11-12-32(47)33(48)23-29/h6-12,20-21,23,25,30,34-35,50,54H,13-19,22,24,26-27H2,1-5H3/t30?,34-,35-,40-,41+,42+,43+,44-,45-,46-/m1/s1. The van der Waals surface area contributed by atoms with Crippen molar-refractivity contribution in [1.82, 2.24) is 4.90 Å². The number of aliphatic hydroxyl groups excluding tert-OH is 1. The summed E-state index contributed by atoms with van der Waals surface area (Å²) < 4.78 is 35.0. The Hall–Kier alpha value is -3.69. The van der Waals surface area contributed by atoms with Gasteiger partial charge in [-0.2, -0.15) is 0 Å². The van der Waals surface area contributed by atoms with E-state index in [1.807, 2.05) is 51.1 Å². The monoisotopic (exact) mass is 753 g/mol. The van der Waals surface area contributed by atoms with Crippen LogP contribution in [0.3, 0.4) is 0 Å². The Balaban J connectivity index is 1.14. The van der Waals surface area contributed by atoms with Gasteiger partial charge in [-0.05, 0) is 106 Å². The first-order valence-electron chi connectivity index (χ1n) is 20.2. The molecule has 7 nitrogen and oxygen atoms in total. The van der Waals surface area contributed by atoms with Gasteiger partial charge in [-0.1, -0.05) is 76.3 Å². The number of carbonyl (C=O) groups excluding carboxylic acids is 3. The van der Waals surface area contributed by atoms with Gasteiger partial charge >= 0.3 is 5.97 Å². The maximum Gasteiger partial charge on any atom is 0.313 e. The van der Waals surface area contributed by atoms with E-state index >= 15 is 4.79 Å². The molecule has 0 radical (unpaired) electrons. The molecule has 2 spiro atoms. The summed E-state index contributed by atoms with van der Waals surface area (Å²) in [5.74, 6) is -3.32. The summed E-state index contributed by atoms with van der Waals surface area (Å²) in [6, 6.07) is 13.0. The van der Waals surface area contributed by atoms with Crippen molar-refractivity contribution < 1.29 is 38.1 Å². The van der Waals surface area contributed by atoms with Crippen LogP contribution in [0.2, 0.25) is 0 Å². The molecule has 4 saturated carbocycles. The molecule has 1 saturated heterocycles. The van der Waals surface area contributed by atoms with E-state index in [0.717, 1.165) is 24.1 Å². The molecule has 8 aliphatic rings. The molecule has 10 rings (SSSR count). The molecule has 2 aromatic carbocycles. The summed E-state index contributed by atoms with van der Waals surface area (Å²) in [5.41, 5.74) is -5.21. The van der Waals surface area contributed by atoms with Crippen LogP contribution < -0.4 is 0 Å². The molecule has 7 aliphatic carbocycles. The summed E-state index contributed by atoms with van der Waals surface area (Å²) in [6.45, 7) is 10.4. The average molecular weight is 754 g/mol. The lowest BCUT2D eigenvalue weighted by Gasteiger charge is -2.71. The fraction of sp³-hybridized carbons (Fsp3) is 0.587. The van der Waals surface area contributed by atoms with Gasteiger partial charge < -0.3 is 19.8 Å². The summed E-state index contributed by atoms with van der Waals surface area (Å²) in [7, 11) is 0. The first-order valence-corrected chi connectivity index (χ1v) is 20.2. The maximum absolute atomic E-state index is 15.2. The molecule has 1 aliphatic heterocycles. The number of hydrogen-bond acceptors (Lipinski definition) is 6. The zero-order valence-electron chi connectivity index (χ0n) is 32.6. The number of fused-ring (bicyclic) bond motifs is 3. The Morgan fingerprint density at radius 3 is 2.22 bits per heavy atom. The number of Topliss-reactive ketones (excluding diaryl/α,β-unsaturated/α-hetero) is 1. The fourth-order valence-electron chi connectivity index (χ4n) is 13.7. The molecule has 10 atom stereocenters. The first kappa shape index (κ1) is 36.9. The normalized spacial score (nSPS) is 43.0. The lowest BCUT2D eigenvalue weighted by atomic mass is 9.32. The van der Waals surface area contributed by atoms with Gasteiger partial charge in [0.1, 0.15) is 0 Å². The van der Waals surface area contributed by atoms with Gasteiger partial charge in [-0.3, -0.25) is 14.4 Å². The highest BCUT2D eigenvalue weighted by Gasteiger charge is 2.78. The number of amides is 1. The van der Waals surface area contributed by atoms with E-state index in [1.54, 1.807) is 4.90 Å². The van der Waals surface area contributed by atoms with Gasteiger partial charge in [0.05, 0.1) is 23.7 Å². The molecule has 0 aromatic heterocycles. The van der Waals surface area contributed by atoms with Crippen LogP contribution in [0.4, 0.5) is 8.78 Å². The third kappa shape index (κ3) is 4.40. The number of aliphatic hydroxyl groups is 2. The largest absolute Gasteiger partial charge is 0.448 e. The van der Waals surface area contributed by atoms with Crippen molar-refractivity contribution in [3.8, 4) is 0 Å². The summed E-state index contributed by atoms with van der Waals surface area (Å²) in [5, 5.41) is 24.3. The van der Waals surface area contributed by atoms with Gasteiger partial charge in [-0.25, -0.2) is 8.78 Å². The average Bonchev–Trinajstić information content (AvgIpc) is 3.60. The molecule has 9 heteroatoms. The number of nitrogens with zero attached hydrogens (tertiary/aromatic N) is 1. The second-order valence-electron chi connectivity index (χ2n) is 19.6. The van der Waals surface area contributed by atoms with Crippen LogP contribution in [0.25, 0.3) is 0 Å². The number of ketones is 1. The molecule has 55 heavy (non-hydrogen) atoms. The molecule has 2 N–H and O–H groups in total. The number of carbonyl (C=O) groups is 3. The fourth-order valence-corrected chi connectivity index (χ4v) is 13.7. The smallest absolute Gasteiger partial charge is 0.313 e. The van der Waals surface area contributed by atoms with Gasteiger partial charge in [0, 0.05) is 39.3 Å². The Bertz CT molecular complexity index is 2080. The van der Waals surface area contributed by atoms with Crippen molar-refractivity contribution >= 4 is 17.7 Å². The molecule has 292 valence electrons. The molecule has 4 bridgehead atoms. The SMILES string of the molecule is CC1(C)[C@@]2(C)CC[C@]1(C(=O)N(Cc1ccccc1)C[C@]1(O)CC[C@H]3[C@]45C=C[C@@]6(C=C4C(=O)c4ccc(F)c(F)c4)CC(O)CC[C@]6(C)[C@H]5CC[C@@]31C)OC2=O. The van der Waals surface area contributed by atoms with E-state index in [2.05, 4.69) is 32.1 Å². The summed E-state index contributed by atoms with van der Waals surface area (Å²) in [6.07, 6.45) is 11.1. The van der Waals surface area contributed by atoms with E-state index in [4.69, 9.17) is 4.74 Å². The molecule has 5 fully saturated rings. The van der Waals surface area contributed by atoms with Crippen LogP contribution in [-0.4, -0.2) is 56.6 Å². The number of ether oxygens (including phenoxy) is 1. The second kappa shape index (κ2) is 11.5. The number of benzene rings is 2. The number of esters is 1. The minimum atomic E-state index is -1.37. The Morgan fingerprint density at radius 2 is 1.55 bits per heavy atom. The van der Waals surface area contributed by atoms with Crippen molar-refractivity contribution in [2.75, 3.05) is 6.54 Å². The minimum Gasteiger partial charge on any atom is -0.448 e. The maximum atomic E-state index is 15.2. The zero-order chi connectivity index (χ0) is 39.2. The minimum absolute atomic E-state index is 0.00276. The van der Waals surface area contributed by atoms with Crippen molar-refractivity contribution in [1.29, 1.82) is 0 Å². The number of hydrogen-bond donors (Lipinski definition) is 2. The van der Waals surface area contributed by atoms with Crippen molar-refractivity contribution in [3.05, 3.63) is 95.1 Å². The van der Waals surface area contributed by atoms with Crippen LogP contribution in [0, 0.1) is 56.0 Å². The lowest BCUT2D eigenvalue weighted by Crippen LogP contribution is -2.67. The van der Waals surface area contributed by atoms with Gasteiger partial charge in [0.25, 0.3) is 5.91 Å². The van der Waals surface area contributed by atoms with E-state index in [1.165, 1.54) is 6.07 Å². The topological polar surface area (TPSA) is 104 Å². The van der Waals surface area contributed by atoms with E-state index in [-0.39, 0.29) is 53.6 Å². The number of halogens is 2. The molecule has 1 unspecified atom stereocenters. The molecular weight excluding hydrogens is 701 g/mol. The third-order valence-corrected chi connectivity index (χ3v) is 17.5. The predicted molar refractivity (Wildman–Crippen MR) is 201 cm³/mol. The van der Waals surface area contributed by atoms with Crippen LogP contribution >= 0.6 is 0 Å². The van der Waals surface area contributed by atoms with Crippen LogP contribution in [0.15, 0.2) is 72.3 Å². The molecule has 1 amide bonds. The van der Waals surface area contributed by atoms with Gasteiger partial charge in [0.2, 0.25) is 0 Å². The van der Waals surface area contributed by atoms with Gasteiger partial charge in [-0.15, -0.1) is 0 Å². The predicted octanol–water partition coefficient (Wildman–Crippen LogP) is 7.89. The number of allylic oxidation sites excluding steroid dienone is 4. The number of rotatable bonds is 7.